The molecule has 2 aromatic heterocycles. The summed E-state index contributed by atoms with van der Waals surface area (Å²) >= 11 is 2.46. The molecular formula is C17H22N6O3S2. The van der Waals surface area contributed by atoms with Crippen LogP contribution in [0.3, 0.4) is 0 Å². The Kier molecular flexibility index (Phi) is 7.42. The third kappa shape index (κ3) is 4.63. The molecule has 0 aromatic carbocycles. The van der Waals surface area contributed by atoms with Gasteiger partial charge in [-0.15, -0.1) is 21.5 Å². The van der Waals surface area contributed by atoms with Gasteiger partial charge in [0.1, 0.15) is 17.1 Å². The zero-order chi connectivity index (χ0) is 20.8. The van der Waals surface area contributed by atoms with Gasteiger partial charge in [-0.1, -0.05) is 18.7 Å². The minimum Gasteiger partial charge on any atom is -0.465 e. The summed E-state index contributed by atoms with van der Waals surface area (Å²) in [7, 11) is 0. The van der Waals surface area contributed by atoms with Gasteiger partial charge in [-0.25, -0.2) is 0 Å². The Balaban J connectivity index is 2.24. The van der Waals surface area contributed by atoms with Gasteiger partial charge in [0.15, 0.2) is 5.16 Å². The van der Waals surface area contributed by atoms with Crippen molar-refractivity contribution in [3.8, 4) is 6.07 Å². The van der Waals surface area contributed by atoms with E-state index in [-0.39, 0.29) is 30.2 Å². The number of carbonyl (C=O) groups is 2. The Bertz CT molecular complexity index is 915. The molecule has 2 rings (SSSR count). The molecule has 0 aliphatic heterocycles. The molecule has 1 atom stereocenters. The fourth-order valence-corrected chi connectivity index (χ4v) is 4.34. The molecule has 2 aromatic rings. The summed E-state index contributed by atoms with van der Waals surface area (Å²) in [6.07, 6.45) is 0.423. The number of nitriles is 1. The Hall–Kier alpha value is -2.58. The van der Waals surface area contributed by atoms with Crippen LogP contribution in [0.4, 0.5) is 10.9 Å². The predicted octanol–water partition coefficient (Wildman–Crippen LogP) is 2.66. The maximum absolute atomic E-state index is 12.9. The summed E-state index contributed by atoms with van der Waals surface area (Å²) in [6.45, 7) is 7.59. The fourth-order valence-electron chi connectivity index (χ4n) is 2.54. The molecule has 150 valence electrons. The highest BCUT2D eigenvalue weighted by Gasteiger charge is 2.27. The minimum absolute atomic E-state index is 0.0337. The number of amides is 1. The second-order valence-corrected chi connectivity index (χ2v) is 7.98. The van der Waals surface area contributed by atoms with Crippen LogP contribution in [0.2, 0.25) is 0 Å². The number of esters is 1. The molecule has 0 saturated heterocycles. The molecule has 9 nitrogen and oxygen atoms in total. The Morgan fingerprint density at radius 3 is 2.71 bits per heavy atom. The van der Waals surface area contributed by atoms with Crippen molar-refractivity contribution in [2.75, 3.05) is 23.4 Å². The van der Waals surface area contributed by atoms with Crippen LogP contribution >= 0.6 is 23.1 Å². The highest BCUT2D eigenvalue weighted by molar-refractivity contribution is 7.99. The summed E-state index contributed by atoms with van der Waals surface area (Å²) < 4.78 is 6.40. The maximum Gasteiger partial charge on any atom is 0.316 e. The first-order valence-corrected chi connectivity index (χ1v) is 10.4. The Morgan fingerprint density at radius 2 is 2.11 bits per heavy atom. The van der Waals surface area contributed by atoms with E-state index in [1.165, 1.54) is 15.9 Å². The van der Waals surface area contributed by atoms with E-state index < -0.39 is 6.04 Å². The van der Waals surface area contributed by atoms with Crippen molar-refractivity contribution in [2.24, 2.45) is 0 Å². The quantitative estimate of drug-likeness (QED) is 0.489. The van der Waals surface area contributed by atoms with Gasteiger partial charge in [-0.3, -0.25) is 14.2 Å². The van der Waals surface area contributed by atoms with Crippen molar-refractivity contribution >= 4 is 45.9 Å². The minimum atomic E-state index is -0.686. The van der Waals surface area contributed by atoms with Gasteiger partial charge in [0.05, 0.1) is 17.9 Å². The van der Waals surface area contributed by atoms with Crippen LogP contribution in [0, 0.1) is 25.2 Å². The van der Waals surface area contributed by atoms with Crippen LogP contribution in [-0.4, -0.2) is 39.0 Å². The summed E-state index contributed by atoms with van der Waals surface area (Å²) in [5, 5.41) is 20.9. The first-order valence-electron chi connectivity index (χ1n) is 8.63. The number of aryl methyl sites for hydroxylation is 1. The fraction of sp³-hybridized carbons (Fsp3) is 0.471. The monoisotopic (exact) mass is 422 g/mol. The topological polar surface area (TPSA) is 136 Å². The van der Waals surface area contributed by atoms with E-state index in [4.69, 9.17) is 10.5 Å². The lowest BCUT2D eigenvalue weighted by Crippen LogP contribution is -2.27. The maximum atomic E-state index is 12.9. The van der Waals surface area contributed by atoms with Gasteiger partial charge >= 0.3 is 5.97 Å². The highest BCUT2D eigenvalue weighted by atomic mass is 32.2. The average Bonchev–Trinajstić information content (AvgIpc) is 3.14. The van der Waals surface area contributed by atoms with Gasteiger partial charge < -0.3 is 15.8 Å². The standard InChI is InChI=1S/C17H22N6O3S2/c1-5-12(14(25)20-15-11(7-18)9(3)10(4)28-15)23-16(19)21-22-17(23)27-8-13(24)26-6-2/h12H,5-6,8H2,1-4H3,(H2,19,21)(H,20,25). The third-order valence-electron chi connectivity index (χ3n) is 4.05. The van der Waals surface area contributed by atoms with Crippen molar-refractivity contribution in [3.05, 3.63) is 16.0 Å². The largest absolute Gasteiger partial charge is 0.465 e. The molecule has 11 heteroatoms. The molecule has 0 bridgehead atoms. The summed E-state index contributed by atoms with van der Waals surface area (Å²) in [4.78, 5) is 25.5. The Labute approximate surface area is 171 Å². The summed E-state index contributed by atoms with van der Waals surface area (Å²) in [5.74, 6) is -0.607. The van der Waals surface area contributed by atoms with E-state index in [9.17, 15) is 14.9 Å². The zero-order valence-electron chi connectivity index (χ0n) is 16.1. The molecule has 0 spiro atoms. The first-order chi connectivity index (χ1) is 13.3. The smallest absolute Gasteiger partial charge is 0.316 e. The molecule has 0 aliphatic rings. The number of aromatic nitrogens is 3. The lowest BCUT2D eigenvalue weighted by atomic mass is 10.1. The normalized spacial score (nSPS) is 11.7. The van der Waals surface area contributed by atoms with Crippen LogP contribution in [0.1, 0.15) is 42.3 Å². The highest BCUT2D eigenvalue weighted by Crippen LogP contribution is 2.33. The van der Waals surface area contributed by atoms with Gasteiger partial charge in [0.25, 0.3) is 0 Å². The molecule has 2 heterocycles. The molecule has 1 amide bonds. The van der Waals surface area contributed by atoms with E-state index in [1.807, 2.05) is 20.8 Å². The molecule has 1 unspecified atom stereocenters. The van der Waals surface area contributed by atoms with Crippen molar-refractivity contribution in [3.63, 3.8) is 0 Å². The van der Waals surface area contributed by atoms with Crippen molar-refractivity contribution < 1.29 is 14.3 Å². The number of hydrogen-bond donors (Lipinski definition) is 2. The van der Waals surface area contributed by atoms with Crippen LogP contribution in [-0.2, 0) is 14.3 Å². The number of nitrogens with one attached hydrogen (secondary N) is 1. The van der Waals surface area contributed by atoms with E-state index >= 15 is 0 Å². The molecule has 0 fully saturated rings. The first kappa shape index (κ1) is 21.7. The van der Waals surface area contributed by atoms with Gasteiger partial charge in [-0.2, -0.15) is 5.26 Å². The SMILES string of the molecule is CCOC(=O)CSc1nnc(N)n1C(CC)C(=O)Nc1sc(C)c(C)c1C#N. The van der Waals surface area contributed by atoms with E-state index in [1.54, 1.807) is 6.92 Å². The molecule has 0 aliphatic carbocycles. The number of thiophene rings is 1. The van der Waals surface area contributed by atoms with Gasteiger partial charge in [-0.05, 0) is 32.8 Å². The lowest BCUT2D eigenvalue weighted by Gasteiger charge is -2.18. The number of nitrogen functional groups attached to an aromatic ring is 1. The van der Waals surface area contributed by atoms with Crippen molar-refractivity contribution in [1.82, 2.24) is 14.8 Å². The molecule has 28 heavy (non-hydrogen) atoms. The number of ether oxygens (including phenoxy) is 1. The number of hydrogen-bond acceptors (Lipinski definition) is 9. The summed E-state index contributed by atoms with van der Waals surface area (Å²) in [6, 6.07) is 1.45. The number of nitrogens with two attached hydrogens (primary N) is 1. The van der Waals surface area contributed by atoms with Crippen LogP contribution in [0.25, 0.3) is 0 Å². The van der Waals surface area contributed by atoms with E-state index in [0.29, 0.717) is 22.1 Å². The number of carbonyl (C=O) groups excluding carboxylic acids is 2. The van der Waals surface area contributed by atoms with E-state index in [0.717, 1.165) is 22.2 Å². The number of nitrogens with zero attached hydrogens (tertiary/aromatic N) is 4. The number of thioether (sulfide) groups is 1. The van der Waals surface area contributed by atoms with Gasteiger partial charge in [0, 0.05) is 4.88 Å². The van der Waals surface area contributed by atoms with E-state index in [2.05, 4.69) is 21.6 Å². The van der Waals surface area contributed by atoms with Crippen molar-refractivity contribution in [1.29, 1.82) is 5.26 Å². The molecule has 3 N–H and O–H groups in total. The lowest BCUT2D eigenvalue weighted by molar-refractivity contribution is -0.139. The Morgan fingerprint density at radius 1 is 1.39 bits per heavy atom. The second kappa shape index (κ2) is 9.57. The second-order valence-electron chi connectivity index (χ2n) is 5.82. The predicted molar refractivity (Wildman–Crippen MR) is 108 cm³/mol. The molecule has 0 radical (unpaired) electrons. The van der Waals surface area contributed by atoms with Crippen molar-refractivity contribution in [2.45, 2.75) is 45.3 Å². The summed E-state index contributed by atoms with van der Waals surface area (Å²) in [5.41, 5.74) is 7.24. The number of anilines is 2. The zero-order valence-corrected chi connectivity index (χ0v) is 17.7. The molecule has 0 saturated carbocycles. The molecular weight excluding hydrogens is 400 g/mol. The van der Waals surface area contributed by atoms with Crippen LogP contribution < -0.4 is 11.1 Å². The third-order valence-corrected chi connectivity index (χ3v) is 6.09. The van der Waals surface area contributed by atoms with Crippen LogP contribution in [0.5, 0.6) is 0 Å². The average molecular weight is 423 g/mol. The van der Waals surface area contributed by atoms with Crippen LogP contribution in [0.15, 0.2) is 5.16 Å². The van der Waals surface area contributed by atoms with Gasteiger partial charge in [0.2, 0.25) is 11.9 Å². The number of rotatable bonds is 8.